The minimum atomic E-state index is -3.23. The molecule has 1 aliphatic rings. The normalized spacial score (nSPS) is 19.0. The third-order valence-corrected chi connectivity index (χ3v) is 5.98. The lowest BCUT2D eigenvalue weighted by atomic mass is 10.1. The van der Waals surface area contributed by atoms with Crippen LogP contribution >= 0.6 is 11.8 Å². The van der Waals surface area contributed by atoms with Crippen molar-refractivity contribution in [2.24, 2.45) is 0 Å². The first-order valence-corrected chi connectivity index (χ1v) is 10.3. The second-order valence-electron chi connectivity index (χ2n) is 5.43. The Morgan fingerprint density at radius 1 is 1.24 bits per heavy atom. The number of sulfonamides is 1. The van der Waals surface area contributed by atoms with E-state index in [1.54, 1.807) is 11.8 Å². The smallest absolute Gasteiger partial charge is 0.216 e. The van der Waals surface area contributed by atoms with Crippen LogP contribution in [0.5, 0.6) is 0 Å². The second-order valence-corrected chi connectivity index (χ2v) is 8.33. The number of rotatable bonds is 8. The largest absolute Gasteiger partial charge is 0.313 e. The summed E-state index contributed by atoms with van der Waals surface area (Å²) in [5, 5.41) is 3.33. The van der Waals surface area contributed by atoms with Gasteiger partial charge in [0.1, 0.15) is 0 Å². The molecule has 6 heteroatoms. The Bertz CT molecular complexity index is 523. The molecule has 4 nitrogen and oxygen atoms in total. The molecule has 2 N–H and O–H groups in total. The van der Waals surface area contributed by atoms with Crippen molar-refractivity contribution in [1.82, 2.24) is 10.0 Å². The molecule has 1 aromatic rings. The second kappa shape index (κ2) is 8.17. The van der Waals surface area contributed by atoms with E-state index < -0.39 is 10.0 Å². The van der Waals surface area contributed by atoms with Crippen LogP contribution in [0.25, 0.3) is 0 Å². The third-order valence-electron chi connectivity index (χ3n) is 3.41. The van der Waals surface area contributed by atoms with Gasteiger partial charge in [-0.15, -0.1) is 0 Å². The number of hydrogen-bond donors (Lipinski definition) is 2. The molecule has 0 spiro atoms. The Morgan fingerprint density at radius 3 is 2.57 bits per heavy atom. The minimum absolute atomic E-state index is 0.0663. The number of nitrogens with one attached hydrogen (secondary N) is 2. The van der Waals surface area contributed by atoms with Gasteiger partial charge in [0.2, 0.25) is 10.0 Å². The molecule has 0 bridgehead atoms. The highest BCUT2D eigenvalue weighted by Gasteiger charge is 2.21. The van der Waals surface area contributed by atoms with E-state index >= 15 is 0 Å². The highest BCUT2D eigenvalue weighted by Crippen LogP contribution is 2.18. The van der Waals surface area contributed by atoms with Gasteiger partial charge in [-0.05, 0) is 36.3 Å². The molecular formula is C15H24N2O2S2. The predicted molar refractivity (Wildman–Crippen MR) is 89.9 cm³/mol. The highest BCUT2D eigenvalue weighted by atomic mass is 32.2. The predicted octanol–water partition coefficient (Wildman–Crippen LogP) is 2.11. The molecule has 0 radical (unpaired) electrons. The van der Waals surface area contributed by atoms with Crippen molar-refractivity contribution in [3.63, 3.8) is 0 Å². The Balaban J connectivity index is 1.86. The van der Waals surface area contributed by atoms with Crippen LogP contribution in [-0.4, -0.2) is 32.5 Å². The van der Waals surface area contributed by atoms with Gasteiger partial charge < -0.3 is 5.32 Å². The molecule has 0 amide bonds. The molecular weight excluding hydrogens is 304 g/mol. The maximum absolute atomic E-state index is 12.1. The summed E-state index contributed by atoms with van der Waals surface area (Å²) in [6.07, 6.45) is 2.05. The molecule has 1 aliphatic heterocycles. The van der Waals surface area contributed by atoms with Gasteiger partial charge >= 0.3 is 0 Å². The van der Waals surface area contributed by atoms with E-state index in [1.807, 2.05) is 24.3 Å². The molecule has 1 fully saturated rings. The van der Waals surface area contributed by atoms with Crippen LogP contribution < -0.4 is 10.0 Å². The minimum Gasteiger partial charge on any atom is -0.313 e. The lowest BCUT2D eigenvalue weighted by molar-refractivity contribution is 0.562. The fourth-order valence-electron chi connectivity index (χ4n) is 2.31. The maximum atomic E-state index is 12.1. The van der Waals surface area contributed by atoms with Crippen LogP contribution in [0.15, 0.2) is 24.3 Å². The first-order valence-electron chi connectivity index (χ1n) is 7.45. The topological polar surface area (TPSA) is 58.2 Å². The van der Waals surface area contributed by atoms with E-state index in [2.05, 4.69) is 17.0 Å². The molecule has 1 heterocycles. The van der Waals surface area contributed by atoms with Gasteiger partial charge in [-0.3, -0.25) is 0 Å². The molecule has 0 aromatic heterocycles. The number of thioether (sulfide) groups is 1. The average molecular weight is 329 g/mol. The molecule has 1 aromatic carbocycles. The molecule has 1 unspecified atom stereocenters. The number of benzene rings is 1. The van der Waals surface area contributed by atoms with Crippen molar-refractivity contribution in [2.75, 3.05) is 18.1 Å². The molecule has 0 aliphatic carbocycles. The lowest BCUT2D eigenvalue weighted by Crippen LogP contribution is -2.35. The van der Waals surface area contributed by atoms with Crippen LogP contribution in [-0.2, 0) is 22.3 Å². The molecule has 118 valence electrons. The van der Waals surface area contributed by atoms with Crippen molar-refractivity contribution in [1.29, 1.82) is 0 Å². The zero-order valence-electron chi connectivity index (χ0n) is 12.5. The Hall–Kier alpha value is -0.560. The molecule has 21 heavy (non-hydrogen) atoms. The Labute approximate surface area is 132 Å². The lowest BCUT2D eigenvalue weighted by Gasteiger charge is -2.12. The summed E-state index contributed by atoms with van der Waals surface area (Å²) < 4.78 is 27.0. The zero-order valence-corrected chi connectivity index (χ0v) is 14.1. The molecule has 1 saturated heterocycles. The van der Waals surface area contributed by atoms with Crippen LogP contribution in [0.3, 0.4) is 0 Å². The molecule has 1 atom stereocenters. The van der Waals surface area contributed by atoms with Gasteiger partial charge in [-0.2, -0.15) is 11.8 Å². The number of hydrogen-bond acceptors (Lipinski definition) is 4. The van der Waals surface area contributed by atoms with Crippen LogP contribution in [0.2, 0.25) is 0 Å². The fraction of sp³-hybridized carbons (Fsp3) is 0.600. The summed E-state index contributed by atoms with van der Waals surface area (Å²) in [6, 6.07) is 7.92. The van der Waals surface area contributed by atoms with E-state index in [-0.39, 0.29) is 11.8 Å². The van der Waals surface area contributed by atoms with E-state index in [0.717, 1.165) is 43.0 Å². The first kappa shape index (κ1) is 16.8. The van der Waals surface area contributed by atoms with E-state index in [0.29, 0.717) is 0 Å². The van der Waals surface area contributed by atoms with Gasteiger partial charge in [0, 0.05) is 18.3 Å². The van der Waals surface area contributed by atoms with Gasteiger partial charge in [0.25, 0.3) is 0 Å². The van der Waals surface area contributed by atoms with Crippen molar-refractivity contribution in [3.05, 3.63) is 35.4 Å². The Morgan fingerprint density at radius 2 is 1.95 bits per heavy atom. The average Bonchev–Trinajstić information content (AvgIpc) is 2.92. The summed E-state index contributed by atoms with van der Waals surface area (Å²) in [7, 11) is -3.23. The van der Waals surface area contributed by atoms with Crippen molar-refractivity contribution in [3.8, 4) is 0 Å². The monoisotopic (exact) mass is 328 g/mol. The van der Waals surface area contributed by atoms with Crippen LogP contribution in [0, 0.1) is 0 Å². The van der Waals surface area contributed by atoms with Crippen LogP contribution in [0.1, 0.15) is 30.9 Å². The summed E-state index contributed by atoms with van der Waals surface area (Å²) in [6.45, 7) is 3.97. The van der Waals surface area contributed by atoms with Gasteiger partial charge in [0.05, 0.1) is 5.75 Å². The zero-order chi connectivity index (χ0) is 15.1. The standard InChI is InChI=1S/C15H24N2O2S2/c1-2-8-16-10-13-3-5-14(6-4-13)12-21(18,19)17-15-7-9-20-11-15/h3-6,15-17H,2,7-12H2,1H3. The van der Waals surface area contributed by atoms with Crippen molar-refractivity contribution < 1.29 is 8.42 Å². The molecule has 2 rings (SSSR count). The van der Waals surface area contributed by atoms with Crippen molar-refractivity contribution in [2.45, 2.75) is 38.1 Å². The quantitative estimate of drug-likeness (QED) is 0.718. The van der Waals surface area contributed by atoms with Crippen molar-refractivity contribution >= 4 is 21.8 Å². The van der Waals surface area contributed by atoms with Crippen LogP contribution in [0.4, 0.5) is 0 Å². The summed E-state index contributed by atoms with van der Waals surface area (Å²) in [5.41, 5.74) is 2.03. The van der Waals surface area contributed by atoms with E-state index in [4.69, 9.17) is 0 Å². The Kier molecular flexibility index (Phi) is 6.54. The highest BCUT2D eigenvalue weighted by molar-refractivity contribution is 7.99. The summed E-state index contributed by atoms with van der Waals surface area (Å²) in [4.78, 5) is 0. The summed E-state index contributed by atoms with van der Waals surface area (Å²) >= 11 is 1.81. The third kappa shape index (κ3) is 5.98. The maximum Gasteiger partial charge on any atom is 0.216 e. The SMILES string of the molecule is CCCNCc1ccc(CS(=O)(=O)NC2CCSC2)cc1. The van der Waals surface area contributed by atoms with Gasteiger partial charge in [-0.1, -0.05) is 31.2 Å². The molecule has 0 saturated carbocycles. The van der Waals surface area contributed by atoms with E-state index in [9.17, 15) is 8.42 Å². The summed E-state index contributed by atoms with van der Waals surface area (Å²) in [5.74, 6) is 2.00. The van der Waals surface area contributed by atoms with Gasteiger partial charge in [0.15, 0.2) is 0 Å². The van der Waals surface area contributed by atoms with Gasteiger partial charge in [-0.25, -0.2) is 13.1 Å². The fourth-order valence-corrected chi connectivity index (χ4v) is 4.99. The first-order chi connectivity index (χ1) is 10.1. The van der Waals surface area contributed by atoms with E-state index in [1.165, 1.54) is 5.56 Å².